The minimum Gasteiger partial charge on any atom is -0.468 e. The molecule has 0 unspecified atom stereocenters. The molecule has 0 saturated carbocycles. The number of nitrogens with zero attached hydrogens (tertiary/aromatic N) is 2. The lowest BCUT2D eigenvalue weighted by Crippen LogP contribution is -2.50. The Morgan fingerprint density at radius 2 is 1.72 bits per heavy atom. The van der Waals surface area contributed by atoms with Gasteiger partial charge in [-0.25, -0.2) is 8.42 Å². The predicted octanol–water partition coefficient (Wildman–Crippen LogP) is 1.97. The zero-order chi connectivity index (χ0) is 20.9. The summed E-state index contributed by atoms with van der Waals surface area (Å²) in [6, 6.07) is 12.8. The van der Waals surface area contributed by atoms with Crippen LogP contribution in [0.3, 0.4) is 0 Å². The monoisotopic (exact) mass is 436 g/mol. The van der Waals surface area contributed by atoms with E-state index in [9.17, 15) is 18.0 Å². The van der Waals surface area contributed by atoms with Crippen molar-refractivity contribution < 1.29 is 22.7 Å². The molecule has 1 saturated heterocycles. The molecule has 1 fully saturated rings. The molecular formula is C20H24N2O5S2. The maximum atomic E-state index is 13.0. The van der Waals surface area contributed by atoms with E-state index in [1.165, 1.54) is 23.2 Å². The second-order valence-electron chi connectivity index (χ2n) is 6.67. The number of amides is 1. The van der Waals surface area contributed by atoms with Gasteiger partial charge in [0.2, 0.25) is 15.9 Å². The number of esters is 1. The van der Waals surface area contributed by atoms with Crippen molar-refractivity contribution >= 4 is 44.4 Å². The van der Waals surface area contributed by atoms with Crippen LogP contribution in [0.5, 0.6) is 0 Å². The van der Waals surface area contributed by atoms with Crippen LogP contribution in [0.25, 0.3) is 10.8 Å². The van der Waals surface area contributed by atoms with Crippen LogP contribution < -0.4 is 0 Å². The van der Waals surface area contributed by atoms with Gasteiger partial charge in [0, 0.05) is 38.4 Å². The Bertz CT molecular complexity index is 985. The Hall–Kier alpha value is -2.10. The Labute approximate surface area is 175 Å². The lowest BCUT2D eigenvalue weighted by molar-refractivity contribution is -0.137. The fourth-order valence-electron chi connectivity index (χ4n) is 3.19. The highest BCUT2D eigenvalue weighted by Crippen LogP contribution is 2.23. The van der Waals surface area contributed by atoms with Crippen molar-refractivity contribution in [3.05, 3.63) is 42.5 Å². The third kappa shape index (κ3) is 5.29. The van der Waals surface area contributed by atoms with Crippen molar-refractivity contribution in [1.29, 1.82) is 0 Å². The van der Waals surface area contributed by atoms with Crippen LogP contribution in [0, 0.1) is 0 Å². The average molecular weight is 437 g/mol. The van der Waals surface area contributed by atoms with Crippen LogP contribution in [0.1, 0.15) is 6.42 Å². The second-order valence-corrected chi connectivity index (χ2v) is 9.72. The average Bonchev–Trinajstić information content (AvgIpc) is 2.76. The van der Waals surface area contributed by atoms with E-state index in [-0.39, 0.29) is 35.6 Å². The Balaban J connectivity index is 1.55. The summed E-state index contributed by atoms with van der Waals surface area (Å²) < 4.78 is 32.0. The van der Waals surface area contributed by atoms with Gasteiger partial charge in [0.15, 0.2) is 0 Å². The van der Waals surface area contributed by atoms with E-state index >= 15 is 0 Å². The largest absolute Gasteiger partial charge is 0.468 e. The molecule has 1 aliphatic heterocycles. The molecule has 156 valence electrons. The molecule has 3 rings (SSSR count). The Morgan fingerprint density at radius 1 is 1.03 bits per heavy atom. The minimum atomic E-state index is -3.60. The summed E-state index contributed by atoms with van der Waals surface area (Å²) in [4.78, 5) is 25.3. The lowest BCUT2D eigenvalue weighted by atomic mass is 10.1. The highest BCUT2D eigenvalue weighted by atomic mass is 32.2. The van der Waals surface area contributed by atoms with Gasteiger partial charge in [-0.1, -0.05) is 30.3 Å². The zero-order valence-corrected chi connectivity index (χ0v) is 17.9. The number of ether oxygens (including phenoxy) is 1. The van der Waals surface area contributed by atoms with Crippen molar-refractivity contribution in [1.82, 2.24) is 9.21 Å². The maximum Gasteiger partial charge on any atom is 0.315 e. The number of thioether (sulfide) groups is 1. The molecule has 7 nitrogen and oxygen atoms in total. The van der Waals surface area contributed by atoms with E-state index in [4.69, 9.17) is 0 Å². The van der Waals surface area contributed by atoms with E-state index in [2.05, 4.69) is 4.74 Å². The summed E-state index contributed by atoms with van der Waals surface area (Å²) in [6.07, 6.45) is 0.319. The maximum absolute atomic E-state index is 13.0. The Morgan fingerprint density at radius 3 is 2.41 bits per heavy atom. The number of hydrogen-bond donors (Lipinski definition) is 0. The topological polar surface area (TPSA) is 84.0 Å². The highest BCUT2D eigenvalue weighted by Gasteiger charge is 2.30. The molecular weight excluding hydrogens is 412 g/mol. The fourth-order valence-corrected chi connectivity index (χ4v) is 5.39. The van der Waals surface area contributed by atoms with Gasteiger partial charge in [0.05, 0.1) is 17.8 Å². The summed E-state index contributed by atoms with van der Waals surface area (Å²) in [5.74, 6) is 0.422. The van der Waals surface area contributed by atoms with Crippen molar-refractivity contribution in [2.45, 2.75) is 11.3 Å². The van der Waals surface area contributed by atoms with Crippen molar-refractivity contribution in [2.24, 2.45) is 0 Å². The number of rotatable bonds is 7. The van der Waals surface area contributed by atoms with Crippen LogP contribution in [-0.2, 0) is 24.3 Å². The van der Waals surface area contributed by atoms with Crippen LogP contribution in [0.2, 0.25) is 0 Å². The highest BCUT2D eigenvalue weighted by molar-refractivity contribution is 7.99. The number of carbonyl (C=O) groups excluding carboxylic acids is 2. The van der Waals surface area contributed by atoms with Gasteiger partial charge in [0.1, 0.15) is 0 Å². The first-order valence-corrected chi connectivity index (χ1v) is 11.9. The second kappa shape index (κ2) is 9.60. The number of carbonyl (C=O) groups is 2. The first-order valence-electron chi connectivity index (χ1n) is 9.33. The first kappa shape index (κ1) is 21.6. The molecule has 1 heterocycles. The number of piperazine rings is 1. The number of fused-ring (bicyclic) bond motifs is 1. The molecule has 0 aromatic heterocycles. The van der Waals surface area contributed by atoms with Gasteiger partial charge >= 0.3 is 5.97 Å². The van der Waals surface area contributed by atoms with Crippen molar-refractivity contribution in [3.63, 3.8) is 0 Å². The van der Waals surface area contributed by atoms with E-state index < -0.39 is 10.0 Å². The van der Waals surface area contributed by atoms with Gasteiger partial charge in [-0.3, -0.25) is 9.59 Å². The molecule has 0 bridgehead atoms. The molecule has 29 heavy (non-hydrogen) atoms. The summed E-state index contributed by atoms with van der Waals surface area (Å²) in [5, 5.41) is 1.87. The lowest BCUT2D eigenvalue weighted by Gasteiger charge is -2.34. The van der Waals surface area contributed by atoms with E-state index in [1.807, 2.05) is 30.3 Å². The minimum absolute atomic E-state index is 0.0230. The van der Waals surface area contributed by atoms with E-state index in [0.29, 0.717) is 25.3 Å². The molecule has 9 heteroatoms. The molecule has 2 aromatic carbocycles. The van der Waals surface area contributed by atoms with E-state index in [1.54, 1.807) is 17.0 Å². The third-order valence-corrected chi connectivity index (χ3v) is 7.69. The molecule has 1 aliphatic rings. The summed E-state index contributed by atoms with van der Waals surface area (Å²) in [5.41, 5.74) is 0. The molecule has 0 spiro atoms. The smallest absolute Gasteiger partial charge is 0.315 e. The first-order chi connectivity index (χ1) is 13.9. The standard InChI is InChI=1S/C20H24N2O5S2/c1-27-20(24)15-28-13-8-19(23)21-9-11-22(12-10-21)29(25,26)18-7-6-16-4-2-3-5-17(16)14-18/h2-7,14H,8-13,15H2,1H3. The van der Waals surface area contributed by atoms with Crippen LogP contribution in [0.15, 0.2) is 47.4 Å². The fraction of sp³-hybridized carbons (Fsp3) is 0.400. The number of methoxy groups -OCH3 is 1. The van der Waals surface area contributed by atoms with Gasteiger partial charge < -0.3 is 9.64 Å². The Kier molecular flexibility index (Phi) is 7.15. The predicted molar refractivity (Wildman–Crippen MR) is 113 cm³/mol. The SMILES string of the molecule is COC(=O)CSCCC(=O)N1CCN(S(=O)(=O)c2ccc3ccccc3c2)CC1. The number of benzene rings is 2. The zero-order valence-electron chi connectivity index (χ0n) is 16.2. The van der Waals surface area contributed by atoms with Gasteiger partial charge in [-0.05, 0) is 22.9 Å². The van der Waals surface area contributed by atoms with Gasteiger partial charge in [-0.2, -0.15) is 4.31 Å². The molecule has 0 N–H and O–H groups in total. The summed E-state index contributed by atoms with van der Waals surface area (Å²) in [7, 11) is -2.26. The van der Waals surface area contributed by atoms with Crippen LogP contribution in [0.4, 0.5) is 0 Å². The molecule has 1 amide bonds. The van der Waals surface area contributed by atoms with Gasteiger partial charge in [-0.15, -0.1) is 11.8 Å². The van der Waals surface area contributed by atoms with Crippen molar-refractivity contribution in [3.8, 4) is 0 Å². The number of hydrogen-bond acceptors (Lipinski definition) is 6. The van der Waals surface area contributed by atoms with Crippen molar-refractivity contribution in [2.75, 3.05) is 44.8 Å². The molecule has 0 aliphatic carbocycles. The number of sulfonamides is 1. The molecule has 0 radical (unpaired) electrons. The molecule has 2 aromatic rings. The van der Waals surface area contributed by atoms with Gasteiger partial charge in [0.25, 0.3) is 0 Å². The summed E-state index contributed by atoms with van der Waals surface area (Å²) >= 11 is 1.35. The normalized spacial score (nSPS) is 15.4. The quantitative estimate of drug-likeness (QED) is 0.487. The summed E-state index contributed by atoms with van der Waals surface area (Å²) in [6.45, 7) is 1.28. The van der Waals surface area contributed by atoms with Crippen LogP contribution >= 0.6 is 11.8 Å². The van der Waals surface area contributed by atoms with E-state index in [0.717, 1.165) is 10.8 Å². The third-order valence-electron chi connectivity index (χ3n) is 4.86. The molecule has 0 atom stereocenters. The van der Waals surface area contributed by atoms with Crippen LogP contribution in [-0.4, -0.2) is 74.3 Å².